The van der Waals surface area contributed by atoms with E-state index in [2.05, 4.69) is 27.6 Å². The van der Waals surface area contributed by atoms with Gasteiger partial charge in [0.15, 0.2) is 0 Å². The molecule has 7 heteroatoms. The van der Waals surface area contributed by atoms with E-state index in [1.54, 1.807) is 18.2 Å². The maximum absolute atomic E-state index is 13.0. The minimum Gasteiger partial charge on any atom is -0.493 e. The van der Waals surface area contributed by atoms with Crippen molar-refractivity contribution < 1.29 is 13.2 Å². The molecule has 0 spiro atoms. The third kappa shape index (κ3) is 4.69. The molecule has 2 aromatic carbocycles. The van der Waals surface area contributed by atoms with E-state index in [9.17, 15) is 8.42 Å². The molecule has 3 rings (SSSR count). The summed E-state index contributed by atoms with van der Waals surface area (Å²) in [6, 6.07) is 13.1. The quantitative estimate of drug-likeness (QED) is 0.561. The minimum atomic E-state index is -3.64. The highest BCUT2D eigenvalue weighted by atomic mass is 32.2. The molecule has 0 aliphatic heterocycles. The molecule has 0 radical (unpaired) electrons. The molecule has 30 heavy (non-hydrogen) atoms. The van der Waals surface area contributed by atoms with Crippen molar-refractivity contribution in [1.82, 2.24) is 14.2 Å². The molecule has 0 saturated heterocycles. The number of para-hydroxylation sites is 1. The van der Waals surface area contributed by atoms with Crippen molar-refractivity contribution in [3.05, 3.63) is 59.8 Å². The molecule has 162 valence electrons. The van der Waals surface area contributed by atoms with Crippen LogP contribution in [0.25, 0.3) is 10.9 Å². The van der Waals surface area contributed by atoms with Crippen molar-refractivity contribution >= 4 is 20.9 Å². The zero-order valence-electron chi connectivity index (χ0n) is 18.3. The number of sulfonamides is 1. The summed E-state index contributed by atoms with van der Waals surface area (Å²) in [5, 5.41) is 1.13. The van der Waals surface area contributed by atoms with E-state index in [1.807, 2.05) is 52.0 Å². The van der Waals surface area contributed by atoms with Crippen LogP contribution in [0.2, 0.25) is 0 Å². The van der Waals surface area contributed by atoms with E-state index in [-0.39, 0.29) is 17.5 Å². The van der Waals surface area contributed by atoms with Crippen LogP contribution in [0, 0.1) is 6.92 Å². The molecule has 1 heterocycles. The van der Waals surface area contributed by atoms with Crippen molar-refractivity contribution in [3.63, 3.8) is 0 Å². The van der Waals surface area contributed by atoms with Crippen LogP contribution >= 0.6 is 0 Å². The van der Waals surface area contributed by atoms with Crippen molar-refractivity contribution in [1.29, 1.82) is 0 Å². The lowest BCUT2D eigenvalue weighted by Gasteiger charge is -2.24. The molecular formula is C23H31N3O3S. The number of rotatable bonds is 9. The van der Waals surface area contributed by atoms with Gasteiger partial charge in [-0.15, -0.1) is 0 Å². The van der Waals surface area contributed by atoms with Gasteiger partial charge in [0.2, 0.25) is 10.0 Å². The third-order valence-corrected chi connectivity index (χ3v) is 6.72. The van der Waals surface area contributed by atoms with Gasteiger partial charge in [-0.05, 0) is 62.8 Å². The lowest BCUT2D eigenvalue weighted by Crippen LogP contribution is -2.34. The zero-order valence-corrected chi connectivity index (χ0v) is 19.2. The number of ether oxygens (including phenoxy) is 1. The third-order valence-electron chi connectivity index (χ3n) is 5.30. The summed E-state index contributed by atoms with van der Waals surface area (Å²) in [5.74, 6) is 0.720. The molecule has 0 bridgehead atoms. The Bertz CT molecular complexity index is 1120. The monoisotopic (exact) mass is 429 g/mol. The normalized spacial score (nSPS) is 13.1. The maximum atomic E-state index is 13.0. The Labute approximate surface area is 179 Å². The van der Waals surface area contributed by atoms with Gasteiger partial charge in [0.25, 0.3) is 0 Å². The summed E-state index contributed by atoms with van der Waals surface area (Å²) >= 11 is 0. The van der Waals surface area contributed by atoms with Gasteiger partial charge in [0.05, 0.1) is 11.5 Å². The molecule has 0 fully saturated rings. The summed E-state index contributed by atoms with van der Waals surface area (Å²) in [4.78, 5) is 2.29. The molecule has 1 N–H and O–H groups in total. The van der Waals surface area contributed by atoms with Gasteiger partial charge in [0.1, 0.15) is 5.75 Å². The molecule has 0 saturated carbocycles. The van der Waals surface area contributed by atoms with Gasteiger partial charge >= 0.3 is 0 Å². The number of fused-ring (bicyclic) bond motifs is 1. The number of aromatic nitrogens is 1. The second-order valence-corrected chi connectivity index (χ2v) is 9.59. The van der Waals surface area contributed by atoms with Crippen LogP contribution in [0.5, 0.6) is 5.75 Å². The summed E-state index contributed by atoms with van der Waals surface area (Å²) in [6.45, 7) is 4.79. The molecule has 1 unspecified atom stereocenters. The Hall–Kier alpha value is -2.35. The molecule has 3 aromatic rings. The molecule has 0 aliphatic carbocycles. The number of likely N-dealkylation sites (N-methyl/N-ethyl adjacent to an activating group) is 1. The Morgan fingerprint density at radius 2 is 1.90 bits per heavy atom. The first-order valence-corrected chi connectivity index (χ1v) is 11.7. The van der Waals surface area contributed by atoms with E-state index in [0.717, 1.165) is 34.2 Å². The largest absolute Gasteiger partial charge is 0.493 e. The SMILES string of the molecule is CCCOc1ccc(S(=O)(=O)NCC(c2cn(C)c3ccccc23)N(C)C)cc1C. The van der Waals surface area contributed by atoms with Crippen LogP contribution < -0.4 is 9.46 Å². The first kappa shape index (κ1) is 22.3. The van der Waals surface area contributed by atoms with E-state index >= 15 is 0 Å². The number of nitrogens with zero attached hydrogens (tertiary/aromatic N) is 2. The number of benzene rings is 2. The van der Waals surface area contributed by atoms with Gasteiger partial charge < -0.3 is 14.2 Å². The van der Waals surface area contributed by atoms with Gasteiger partial charge in [-0.2, -0.15) is 0 Å². The van der Waals surface area contributed by atoms with Crippen LogP contribution in [-0.2, 0) is 17.1 Å². The lowest BCUT2D eigenvalue weighted by atomic mass is 10.1. The fraction of sp³-hybridized carbons (Fsp3) is 0.391. The summed E-state index contributed by atoms with van der Waals surface area (Å²) < 4.78 is 36.5. The highest BCUT2D eigenvalue weighted by Crippen LogP contribution is 2.29. The summed E-state index contributed by atoms with van der Waals surface area (Å²) in [7, 11) is 2.29. The molecule has 0 aliphatic rings. The van der Waals surface area contributed by atoms with Crippen molar-refractivity contribution in [3.8, 4) is 5.75 Å². The number of aryl methyl sites for hydroxylation is 2. The summed E-state index contributed by atoms with van der Waals surface area (Å²) in [5.41, 5.74) is 3.03. The number of hydrogen-bond acceptors (Lipinski definition) is 4. The van der Waals surface area contributed by atoms with Gasteiger partial charge in [-0.1, -0.05) is 25.1 Å². The first-order valence-electron chi connectivity index (χ1n) is 10.2. The fourth-order valence-corrected chi connectivity index (χ4v) is 4.77. The standard InChI is InChI=1S/C23H31N3O3S/c1-6-13-29-23-12-11-18(14-17(23)2)30(27,28)24-15-22(25(3)4)20-16-26(5)21-10-8-7-9-19(20)21/h7-12,14,16,22,24H,6,13,15H2,1-5H3. The van der Waals surface area contributed by atoms with E-state index in [4.69, 9.17) is 4.74 Å². The van der Waals surface area contributed by atoms with Crippen LogP contribution in [0.3, 0.4) is 0 Å². The average Bonchev–Trinajstić information content (AvgIpc) is 3.03. The topological polar surface area (TPSA) is 63.6 Å². The van der Waals surface area contributed by atoms with Crippen molar-refractivity contribution in [2.75, 3.05) is 27.2 Å². The Kier molecular flexibility index (Phi) is 6.85. The van der Waals surface area contributed by atoms with Crippen molar-refractivity contribution in [2.45, 2.75) is 31.2 Å². The Morgan fingerprint density at radius 1 is 1.17 bits per heavy atom. The Morgan fingerprint density at radius 3 is 2.57 bits per heavy atom. The zero-order chi connectivity index (χ0) is 21.9. The molecule has 1 atom stereocenters. The first-order chi connectivity index (χ1) is 14.2. The minimum absolute atomic E-state index is 0.0980. The molecular weight excluding hydrogens is 398 g/mol. The predicted octanol–water partition coefficient (Wildman–Crippen LogP) is 3.86. The van der Waals surface area contributed by atoms with Crippen LogP contribution in [0.15, 0.2) is 53.6 Å². The van der Waals surface area contributed by atoms with Crippen LogP contribution in [0.1, 0.15) is 30.5 Å². The highest BCUT2D eigenvalue weighted by Gasteiger charge is 2.23. The van der Waals surface area contributed by atoms with E-state index < -0.39 is 10.0 Å². The van der Waals surface area contributed by atoms with Crippen LogP contribution in [-0.4, -0.2) is 45.1 Å². The number of hydrogen-bond donors (Lipinski definition) is 1. The highest BCUT2D eigenvalue weighted by molar-refractivity contribution is 7.89. The number of nitrogens with one attached hydrogen (secondary N) is 1. The van der Waals surface area contributed by atoms with Gasteiger partial charge in [-0.25, -0.2) is 13.1 Å². The molecule has 6 nitrogen and oxygen atoms in total. The average molecular weight is 430 g/mol. The summed E-state index contributed by atoms with van der Waals surface area (Å²) in [6.07, 6.45) is 2.98. The van der Waals surface area contributed by atoms with Crippen LogP contribution in [0.4, 0.5) is 0 Å². The Balaban J connectivity index is 1.83. The predicted molar refractivity (Wildman–Crippen MR) is 122 cm³/mol. The van der Waals surface area contributed by atoms with Gasteiger partial charge in [-0.3, -0.25) is 0 Å². The lowest BCUT2D eigenvalue weighted by molar-refractivity contribution is 0.301. The molecule has 0 amide bonds. The second kappa shape index (κ2) is 9.20. The van der Waals surface area contributed by atoms with Gasteiger partial charge in [0, 0.05) is 36.7 Å². The fourth-order valence-electron chi connectivity index (χ4n) is 3.64. The maximum Gasteiger partial charge on any atom is 0.240 e. The second-order valence-electron chi connectivity index (χ2n) is 7.82. The van der Waals surface area contributed by atoms with Crippen molar-refractivity contribution in [2.24, 2.45) is 7.05 Å². The van der Waals surface area contributed by atoms with E-state index in [1.165, 1.54) is 0 Å². The smallest absolute Gasteiger partial charge is 0.240 e. The molecule has 1 aromatic heterocycles. The van der Waals surface area contributed by atoms with E-state index in [0.29, 0.717) is 6.61 Å².